The molecule has 0 radical (unpaired) electrons. The van der Waals surface area contributed by atoms with E-state index in [1.165, 1.54) is 12.8 Å². The van der Waals surface area contributed by atoms with Gasteiger partial charge in [0.15, 0.2) is 0 Å². The molecule has 3 atom stereocenters. The summed E-state index contributed by atoms with van der Waals surface area (Å²) in [7, 11) is 0. The quantitative estimate of drug-likeness (QED) is 0.660. The van der Waals surface area contributed by atoms with Crippen LogP contribution < -0.4 is 5.32 Å². The normalized spacial score (nSPS) is 25.5. The molecule has 2 rings (SSSR count). The van der Waals surface area contributed by atoms with Crippen LogP contribution in [-0.4, -0.2) is 20.7 Å². The number of nitrogens with zero attached hydrogens (tertiary/aromatic N) is 3. The van der Waals surface area contributed by atoms with Crippen LogP contribution in [0.3, 0.4) is 0 Å². The average Bonchev–Trinajstić information content (AvgIpc) is 2.91. The van der Waals surface area contributed by atoms with Gasteiger partial charge in [-0.05, 0) is 45.4 Å². The van der Waals surface area contributed by atoms with Crippen LogP contribution in [0.15, 0.2) is 0 Å². The van der Waals surface area contributed by atoms with E-state index in [0.29, 0.717) is 29.4 Å². The second-order valence-electron chi connectivity index (χ2n) is 6.43. The lowest BCUT2D eigenvalue weighted by molar-refractivity contribution is -0.384. The van der Waals surface area contributed by atoms with E-state index in [0.717, 1.165) is 6.42 Å². The summed E-state index contributed by atoms with van der Waals surface area (Å²) < 4.78 is 1.75. The maximum Gasteiger partial charge on any atom is 0.333 e. The SMILES string of the molecule is CCC1CCC(Nc2c([N+](=O)[O-])c(C)nn2C(C)C)C1C. The third-order valence-electron chi connectivity index (χ3n) is 4.80. The van der Waals surface area contributed by atoms with Crippen molar-refractivity contribution < 1.29 is 4.92 Å². The van der Waals surface area contributed by atoms with E-state index in [4.69, 9.17) is 0 Å². The van der Waals surface area contributed by atoms with Gasteiger partial charge in [-0.25, -0.2) is 4.68 Å². The Bertz CT molecular complexity index is 524. The molecule has 1 heterocycles. The van der Waals surface area contributed by atoms with Crippen LogP contribution in [0, 0.1) is 28.9 Å². The highest BCUT2D eigenvalue weighted by atomic mass is 16.6. The minimum absolute atomic E-state index is 0.0959. The zero-order chi connectivity index (χ0) is 15.7. The van der Waals surface area contributed by atoms with Gasteiger partial charge in [0.25, 0.3) is 0 Å². The van der Waals surface area contributed by atoms with Gasteiger partial charge >= 0.3 is 5.69 Å². The van der Waals surface area contributed by atoms with Crippen molar-refractivity contribution in [1.82, 2.24) is 9.78 Å². The van der Waals surface area contributed by atoms with E-state index in [1.807, 2.05) is 13.8 Å². The van der Waals surface area contributed by atoms with Crippen LogP contribution in [0.25, 0.3) is 0 Å². The van der Waals surface area contributed by atoms with Gasteiger partial charge in [-0.2, -0.15) is 5.10 Å². The molecule has 3 unspecified atom stereocenters. The molecule has 1 aliphatic rings. The van der Waals surface area contributed by atoms with Crippen molar-refractivity contribution in [2.75, 3.05) is 5.32 Å². The number of nitrogens with one attached hydrogen (secondary N) is 1. The van der Waals surface area contributed by atoms with Crippen molar-refractivity contribution in [3.05, 3.63) is 15.8 Å². The summed E-state index contributed by atoms with van der Waals surface area (Å²) in [4.78, 5) is 11.0. The molecule has 0 aromatic carbocycles. The largest absolute Gasteiger partial charge is 0.362 e. The second kappa shape index (κ2) is 6.03. The van der Waals surface area contributed by atoms with Crippen LogP contribution in [0.5, 0.6) is 0 Å². The van der Waals surface area contributed by atoms with Gasteiger partial charge in [-0.1, -0.05) is 20.3 Å². The zero-order valence-electron chi connectivity index (χ0n) is 13.6. The Morgan fingerprint density at radius 2 is 2.14 bits per heavy atom. The molecule has 1 N–H and O–H groups in total. The van der Waals surface area contributed by atoms with E-state index >= 15 is 0 Å². The summed E-state index contributed by atoms with van der Waals surface area (Å²) >= 11 is 0. The fraction of sp³-hybridized carbons (Fsp3) is 0.800. The first-order valence-corrected chi connectivity index (χ1v) is 7.86. The van der Waals surface area contributed by atoms with Crippen molar-refractivity contribution in [2.24, 2.45) is 11.8 Å². The Kier molecular flexibility index (Phi) is 4.54. The van der Waals surface area contributed by atoms with E-state index in [1.54, 1.807) is 11.6 Å². The number of anilines is 1. The Morgan fingerprint density at radius 3 is 2.62 bits per heavy atom. The van der Waals surface area contributed by atoms with Crippen molar-refractivity contribution in [3.63, 3.8) is 0 Å². The summed E-state index contributed by atoms with van der Waals surface area (Å²) in [5.41, 5.74) is 0.602. The molecule has 1 aliphatic carbocycles. The average molecular weight is 294 g/mol. The first-order chi connectivity index (χ1) is 9.86. The Balaban J connectivity index is 2.32. The van der Waals surface area contributed by atoms with Gasteiger partial charge in [0.2, 0.25) is 5.82 Å². The summed E-state index contributed by atoms with van der Waals surface area (Å²) in [6.45, 7) is 10.2. The molecule has 1 saturated carbocycles. The van der Waals surface area contributed by atoms with Crippen LogP contribution in [0.2, 0.25) is 0 Å². The fourth-order valence-electron chi connectivity index (χ4n) is 3.47. The van der Waals surface area contributed by atoms with Gasteiger partial charge in [0.05, 0.1) is 4.92 Å². The molecule has 6 heteroatoms. The fourth-order valence-corrected chi connectivity index (χ4v) is 3.47. The van der Waals surface area contributed by atoms with Gasteiger partial charge in [-0.15, -0.1) is 0 Å². The van der Waals surface area contributed by atoms with Gasteiger partial charge in [0.1, 0.15) is 5.69 Å². The van der Waals surface area contributed by atoms with E-state index < -0.39 is 0 Å². The van der Waals surface area contributed by atoms with Crippen molar-refractivity contribution in [2.45, 2.75) is 66.0 Å². The van der Waals surface area contributed by atoms with Crippen LogP contribution in [0.1, 0.15) is 58.7 Å². The summed E-state index contributed by atoms with van der Waals surface area (Å²) in [5, 5.41) is 19.2. The topological polar surface area (TPSA) is 73.0 Å². The van der Waals surface area contributed by atoms with Crippen LogP contribution in [0.4, 0.5) is 11.5 Å². The van der Waals surface area contributed by atoms with Gasteiger partial charge in [0, 0.05) is 12.1 Å². The third-order valence-corrected chi connectivity index (χ3v) is 4.80. The number of hydrogen-bond acceptors (Lipinski definition) is 4. The number of aromatic nitrogens is 2. The lowest BCUT2D eigenvalue weighted by Crippen LogP contribution is -2.26. The maximum absolute atomic E-state index is 11.4. The Hall–Kier alpha value is -1.59. The summed E-state index contributed by atoms with van der Waals surface area (Å²) in [5.74, 6) is 1.81. The zero-order valence-corrected chi connectivity index (χ0v) is 13.6. The van der Waals surface area contributed by atoms with Crippen LogP contribution in [-0.2, 0) is 0 Å². The summed E-state index contributed by atoms with van der Waals surface area (Å²) in [6, 6.07) is 0.390. The molecular formula is C15H26N4O2. The highest BCUT2D eigenvalue weighted by molar-refractivity contribution is 5.60. The number of hydrogen-bond donors (Lipinski definition) is 1. The minimum atomic E-state index is -0.319. The molecule has 0 amide bonds. The molecule has 118 valence electrons. The molecule has 21 heavy (non-hydrogen) atoms. The second-order valence-corrected chi connectivity index (χ2v) is 6.43. The lowest BCUT2D eigenvalue weighted by atomic mass is 9.93. The number of nitro groups is 1. The molecule has 1 aromatic rings. The van der Waals surface area contributed by atoms with Crippen molar-refractivity contribution in [3.8, 4) is 0 Å². The monoisotopic (exact) mass is 294 g/mol. The predicted molar refractivity (Wildman–Crippen MR) is 83.6 cm³/mol. The van der Waals surface area contributed by atoms with E-state index in [-0.39, 0.29) is 16.7 Å². The molecule has 6 nitrogen and oxygen atoms in total. The van der Waals surface area contributed by atoms with Crippen molar-refractivity contribution in [1.29, 1.82) is 0 Å². The number of aryl methyl sites for hydroxylation is 1. The highest BCUT2D eigenvalue weighted by Crippen LogP contribution is 2.38. The molecule has 0 bridgehead atoms. The standard InChI is InChI=1S/C15H26N4O2/c1-6-12-7-8-13(10(12)4)16-15-14(19(20)21)11(5)17-18(15)9(2)3/h9-10,12-13,16H,6-8H2,1-5H3. The summed E-state index contributed by atoms with van der Waals surface area (Å²) in [6.07, 6.45) is 3.43. The van der Waals surface area contributed by atoms with Gasteiger partial charge < -0.3 is 5.32 Å². The first-order valence-electron chi connectivity index (χ1n) is 7.86. The smallest absolute Gasteiger partial charge is 0.333 e. The lowest BCUT2D eigenvalue weighted by Gasteiger charge is -2.22. The molecule has 1 aromatic heterocycles. The highest BCUT2D eigenvalue weighted by Gasteiger charge is 2.35. The van der Waals surface area contributed by atoms with E-state index in [2.05, 4.69) is 24.3 Å². The Labute approximate surface area is 126 Å². The Morgan fingerprint density at radius 1 is 1.48 bits per heavy atom. The predicted octanol–water partition coefficient (Wildman–Crippen LogP) is 3.92. The molecule has 0 aliphatic heterocycles. The van der Waals surface area contributed by atoms with E-state index in [9.17, 15) is 10.1 Å². The third kappa shape index (κ3) is 2.89. The van der Waals surface area contributed by atoms with Crippen molar-refractivity contribution >= 4 is 11.5 Å². The molecule has 0 spiro atoms. The minimum Gasteiger partial charge on any atom is -0.362 e. The van der Waals surface area contributed by atoms with Gasteiger partial charge in [-0.3, -0.25) is 10.1 Å². The molecular weight excluding hydrogens is 268 g/mol. The van der Waals surface area contributed by atoms with Crippen LogP contribution >= 0.6 is 0 Å². The molecule has 0 saturated heterocycles. The molecule has 1 fully saturated rings. The first kappa shape index (κ1) is 15.8. The maximum atomic E-state index is 11.4. The number of rotatable bonds is 5.